The minimum absolute atomic E-state index is 0.478. The first-order valence-corrected chi connectivity index (χ1v) is 10.2. The maximum absolute atomic E-state index is 5.58. The maximum Gasteiger partial charge on any atom is 0.0161 e. The highest BCUT2D eigenvalue weighted by Crippen LogP contribution is 2.13. The van der Waals surface area contributed by atoms with Gasteiger partial charge in [0, 0.05) is 12.6 Å². The molecule has 22 heavy (non-hydrogen) atoms. The Balaban J connectivity index is 2.97. The van der Waals surface area contributed by atoms with Crippen LogP contribution in [-0.4, -0.2) is 19.1 Å². The molecule has 0 heterocycles. The lowest BCUT2D eigenvalue weighted by Gasteiger charge is -2.10. The largest absolute Gasteiger partial charge is 0.329 e. The van der Waals surface area contributed by atoms with Gasteiger partial charge in [-0.25, -0.2) is 0 Å². The summed E-state index contributed by atoms with van der Waals surface area (Å²) < 4.78 is 0. The van der Waals surface area contributed by atoms with E-state index < -0.39 is 0 Å². The minimum atomic E-state index is 0.478. The van der Waals surface area contributed by atoms with Crippen LogP contribution in [0.25, 0.3) is 0 Å². The SMILES string of the molecule is CCCCCCCCCCCCCCCCCNC(C)CN. The molecule has 0 fully saturated rings. The Hall–Kier alpha value is -0.0800. The van der Waals surface area contributed by atoms with Crippen LogP contribution in [0.1, 0.15) is 110 Å². The number of hydrogen-bond acceptors (Lipinski definition) is 2. The molecule has 0 rings (SSSR count). The topological polar surface area (TPSA) is 38.0 Å². The first kappa shape index (κ1) is 21.9. The van der Waals surface area contributed by atoms with Gasteiger partial charge < -0.3 is 11.1 Å². The fourth-order valence-corrected chi connectivity index (χ4v) is 2.93. The number of nitrogens with one attached hydrogen (secondary N) is 1. The van der Waals surface area contributed by atoms with Gasteiger partial charge in [0.05, 0.1) is 0 Å². The third-order valence-electron chi connectivity index (χ3n) is 4.63. The van der Waals surface area contributed by atoms with Crippen molar-refractivity contribution in [3.63, 3.8) is 0 Å². The van der Waals surface area contributed by atoms with Crippen LogP contribution in [0.2, 0.25) is 0 Å². The highest BCUT2D eigenvalue weighted by Gasteiger charge is 1.97. The van der Waals surface area contributed by atoms with Crippen molar-refractivity contribution in [1.29, 1.82) is 0 Å². The summed E-state index contributed by atoms with van der Waals surface area (Å²) in [7, 11) is 0. The molecule has 0 aliphatic rings. The molecular formula is C20H44N2. The van der Waals surface area contributed by atoms with Crippen molar-refractivity contribution >= 4 is 0 Å². The van der Waals surface area contributed by atoms with E-state index in [-0.39, 0.29) is 0 Å². The molecule has 0 radical (unpaired) electrons. The van der Waals surface area contributed by atoms with Gasteiger partial charge in [-0.2, -0.15) is 0 Å². The molecule has 1 unspecified atom stereocenters. The number of nitrogens with two attached hydrogens (primary N) is 1. The molecule has 0 spiro atoms. The van der Waals surface area contributed by atoms with Gasteiger partial charge in [-0.05, 0) is 19.9 Å². The van der Waals surface area contributed by atoms with E-state index in [1.165, 1.54) is 96.3 Å². The summed E-state index contributed by atoms with van der Waals surface area (Å²) in [5, 5.41) is 3.45. The average molecular weight is 313 g/mol. The summed E-state index contributed by atoms with van der Waals surface area (Å²) in [4.78, 5) is 0. The van der Waals surface area contributed by atoms with Gasteiger partial charge in [0.2, 0.25) is 0 Å². The van der Waals surface area contributed by atoms with Crippen LogP contribution in [0.4, 0.5) is 0 Å². The molecule has 0 amide bonds. The normalized spacial score (nSPS) is 12.7. The predicted molar refractivity (Wildman–Crippen MR) is 101 cm³/mol. The molecule has 0 saturated heterocycles. The van der Waals surface area contributed by atoms with Crippen LogP contribution in [0.15, 0.2) is 0 Å². The summed E-state index contributed by atoms with van der Waals surface area (Å²) >= 11 is 0. The van der Waals surface area contributed by atoms with Gasteiger partial charge in [0.1, 0.15) is 0 Å². The molecular weight excluding hydrogens is 268 g/mol. The van der Waals surface area contributed by atoms with Crippen LogP contribution in [0.5, 0.6) is 0 Å². The molecule has 0 bridgehead atoms. The molecule has 0 aliphatic carbocycles. The number of unbranched alkanes of at least 4 members (excludes halogenated alkanes) is 14. The first-order valence-electron chi connectivity index (χ1n) is 10.2. The van der Waals surface area contributed by atoms with E-state index in [1.54, 1.807) is 0 Å². The lowest BCUT2D eigenvalue weighted by Crippen LogP contribution is -2.33. The summed E-state index contributed by atoms with van der Waals surface area (Å²) in [6, 6.07) is 0.478. The Morgan fingerprint density at radius 1 is 0.636 bits per heavy atom. The maximum atomic E-state index is 5.58. The molecule has 0 aliphatic heterocycles. The van der Waals surface area contributed by atoms with E-state index in [1.807, 2.05) is 0 Å². The van der Waals surface area contributed by atoms with Crippen LogP contribution in [0, 0.1) is 0 Å². The van der Waals surface area contributed by atoms with E-state index in [4.69, 9.17) is 5.73 Å². The summed E-state index contributed by atoms with van der Waals surface area (Å²) in [5.41, 5.74) is 5.58. The number of hydrogen-bond donors (Lipinski definition) is 2. The van der Waals surface area contributed by atoms with E-state index >= 15 is 0 Å². The Morgan fingerprint density at radius 2 is 1.00 bits per heavy atom. The number of rotatable bonds is 18. The highest BCUT2D eigenvalue weighted by atomic mass is 14.9. The first-order chi connectivity index (χ1) is 10.8. The van der Waals surface area contributed by atoms with Gasteiger partial charge >= 0.3 is 0 Å². The van der Waals surface area contributed by atoms with E-state index in [0.29, 0.717) is 6.04 Å². The van der Waals surface area contributed by atoms with E-state index in [0.717, 1.165) is 13.1 Å². The van der Waals surface area contributed by atoms with Gasteiger partial charge in [0.15, 0.2) is 0 Å². The van der Waals surface area contributed by atoms with Crippen molar-refractivity contribution < 1.29 is 0 Å². The molecule has 134 valence electrons. The second-order valence-corrected chi connectivity index (χ2v) is 7.04. The minimum Gasteiger partial charge on any atom is -0.329 e. The van der Waals surface area contributed by atoms with Crippen molar-refractivity contribution in [3.8, 4) is 0 Å². The van der Waals surface area contributed by atoms with Crippen LogP contribution in [0.3, 0.4) is 0 Å². The zero-order valence-electron chi connectivity index (χ0n) is 15.7. The van der Waals surface area contributed by atoms with Crippen LogP contribution < -0.4 is 11.1 Å². The zero-order valence-corrected chi connectivity index (χ0v) is 15.7. The van der Waals surface area contributed by atoms with Gasteiger partial charge in [-0.15, -0.1) is 0 Å². The highest BCUT2D eigenvalue weighted by molar-refractivity contribution is 4.60. The fraction of sp³-hybridized carbons (Fsp3) is 1.00. The van der Waals surface area contributed by atoms with E-state index in [2.05, 4.69) is 19.2 Å². The summed E-state index contributed by atoms with van der Waals surface area (Å²) in [5.74, 6) is 0. The van der Waals surface area contributed by atoms with Gasteiger partial charge in [-0.3, -0.25) is 0 Å². The third kappa shape index (κ3) is 18.0. The smallest absolute Gasteiger partial charge is 0.0161 e. The molecule has 0 aromatic carbocycles. The van der Waals surface area contributed by atoms with E-state index in [9.17, 15) is 0 Å². The van der Waals surface area contributed by atoms with Crippen molar-refractivity contribution in [1.82, 2.24) is 5.32 Å². The lowest BCUT2D eigenvalue weighted by molar-refractivity contribution is 0.508. The predicted octanol–water partition coefficient (Wildman–Crippen LogP) is 5.79. The second kappa shape index (κ2) is 19.0. The molecule has 3 N–H and O–H groups in total. The molecule has 2 nitrogen and oxygen atoms in total. The van der Waals surface area contributed by atoms with Gasteiger partial charge in [-0.1, -0.05) is 96.8 Å². The molecule has 0 saturated carbocycles. The van der Waals surface area contributed by atoms with Crippen LogP contribution in [-0.2, 0) is 0 Å². The standard InChI is InChI=1S/C20H44N2/c1-3-4-5-6-7-8-9-10-11-12-13-14-15-16-17-18-22-20(2)19-21/h20,22H,3-19,21H2,1-2H3. The molecule has 2 heteroatoms. The summed E-state index contributed by atoms with van der Waals surface area (Å²) in [6.07, 6.45) is 21.5. The Morgan fingerprint density at radius 3 is 1.36 bits per heavy atom. The van der Waals surface area contributed by atoms with Crippen molar-refractivity contribution in [3.05, 3.63) is 0 Å². The van der Waals surface area contributed by atoms with Crippen molar-refractivity contribution in [2.75, 3.05) is 13.1 Å². The van der Waals surface area contributed by atoms with Crippen molar-refractivity contribution in [2.24, 2.45) is 5.73 Å². The average Bonchev–Trinajstić information content (AvgIpc) is 2.54. The molecule has 0 aromatic heterocycles. The van der Waals surface area contributed by atoms with Crippen LogP contribution >= 0.6 is 0 Å². The molecule has 0 aromatic rings. The fourth-order valence-electron chi connectivity index (χ4n) is 2.93. The zero-order chi connectivity index (χ0) is 16.3. The second-order valence-electron chi connectivity index (χ2n) is 7.04. The summed E-state index contributed by atoms with van der Waals surface area (Å²) in [6.45, 7) is 6.33. The van der Waals surface area contributed by atoms with Gasteiger partial charge in [0.25, 0.3) is 0 Å². The Bertz CT molecular complexity index is 194. The Labute approximate surface area is 141 Å². The third-order valence-corrected chi connectivity index (χ3v) is 4.63. The van der Waals surface area contributed by atoms with Crippen molar-refractivity contribution in [2.45, 2.75) is 116 Å². The monoisotopic (exact) mass is 312 g/mol. The molecule has 1 atom stereocenters. The Kier molecular flexibility index (Phi) is 18.9. The quantitative estimate of drug-likeness (QED) is 0.314. The lowest BCUT2D eigenvalue weighted by atomic mass is 10.0.